The number of methoxy groups -OCH3 is 3. The van der Waals surface area contributed by atoms with Gasteiger partial charge in [0.2, 0.25) is 0 Å². The molecule has 3 heterocycles. The van der Waals surface area contributed by atoms with Crippen LogP contribution in [0.5, 0.6) is 51.7 Å². The van der Waals surface area contributed by atoms with Gasteiger partial charge in [0.1, 0.15) is 74.1 Å². The summed E-state index contributed by atoms with van der Waals surface area (Å²) >= 11 is 6.44. The summed E-state index contributed by atoms with van der Waals surface area (Å²) in [5, 5.41) is 37.9. The molecule has 12 aromatic carbocycles. The quantitative estimate of drug-likeness (QED) is 0.111. The molecule has 17 heteroatoms. The Bertz CT molecular complexity index is 6560. The van der Waals surface area contributed by atoms with Crippen LogP contribution in [0.1, 0.15) is 232 Å². The molecule has 0 fully saturated rings. The number of fused-ring (bicyclic) bond motifs is 9. The SMILES string of the molecule is COc1cc(-c2cc(OC)cc(C(C)(C)C)c2O)c(C)c(C(C)(C)C)c1.COc1cc(C)c(Op2oc3c(C)cc(C)cc3c3cc(C)cc(C)c3o2)c(-c2cc(C)cc(C(C)(C)C)c2O)c1.Cc1cc(C)c(O)c(-c2cc(C)cc(C)c2Op2oc3c(C(C)(C)C)cc(C)cc3c3cc(C)cc(C(C)(C)C)c3o2)c1.Cc1cc(C)c2c(c1)-c1cc(C)cc(C)c1OP(Cl)C2. The van der Waals surface area contributed by atoms with Gasteiger partial charge in [-0.15, -0.1) is 0 Å². The lowest BCUT2D eigenvalue weighted by molar-refractivity contribution is 0.406. The Morgan fingerprint density at radius 1 is 0.277 bits per heavy atom. The van der Waals surface area contributed by atoms with E-state index < -0.39 is 24.0 Å². The molecule has 0 saturated carbocycles. The summed E-state index contributed by atoms with van der Waals surface area (Å²) in [6.45, 7) is 67.6. The van der Waals surface area contributed by atoms with Crippen molar-refractivity contribution in [2.24, 2.45) is 0 Å². The lowest BCUT2D eigenvalue weighted by atomic mass is 9.79. The average molecular weight is 1830 g/mol. The van der Waals surface area contributed by atoms with Gasteiger partial charge in [0.25, 0.3) is 0 Å². The Balaban J connectivity index is 0.000000163. The third-order valence-electron chi connectivity index (χ3n) is 24.1. The number of ether oxygens (including phenoxy) is 3. The van der Waals surface area contributed by atoms with Crippen LogP contribution in [-0.2, 0) is 33.2 Å². The molecule has 0 radical (unpaired) electrons. The fourth-order valence-corrected chi connectivity index (χ4v) is 22.1. The minimum absolute atomic E-state index is 0.0330. The molecule has 686 valence electrons. The minimum atomic E-state index is -1.93. The Labute approximate surface area is 779 Å². The first-order valence-electron chi connectivity index (χ1n) is 44.7. The molecule has 3 N–H and O–H groups in total. The van der Waals surface area contributed by atoms with Crippen LogP contribution in [0.4, 0.5) is 0 Å². The second-order valence-electron chi connectivity index (χ2n) is 41.1. The highest BCUT2D eigenvalue weighted by molar-refractivity contribution is 7.79. The molecule has 0 spiro atoms. The van der Waals surface area contributed by atoms with Gasteiger partial charge in [0.05, 0.1) is 21.3 Å². The lowest BCUT2D eigenvalue weighted by Crippen LogP contribution is -2.14. The van der Waals surface area contributed by atoms with Crippen molar-refractivity contribution in [1.29, 1.82) is 0 Å². The van der Waals surface area contributed by atoms with Crippen LogP contribution >= 0.6 is 35.2 Å². The molecule has 1 unspecified atom stereocenters. The van der Waals surface area contributed by atoms with Gasteiger partial charge in [-0.25, -0.2) is 0 Å². The van der Waals surface area contributed by atoms with E-state index >= 15 is 0 Å². The zero-order chi connectivity index (χ0) is 95.7. The Kier molecular flexibility index (Phi) is 28.7. The van der Waals surface area contributed by atoms with Crippen molar-refractivity contribution in [3.63, 3.8) is 0 Å². The molecule has 0 amide bonds. The Hall–Kier alpha value is -10.6. The first kappa shape index (κ1) is 98.4. The van der Waals surface area contributed by atoms with E-state index in [2.05, 4.69) is 278 Å². The lowest BCUT2D eigenvalue weighted by Gasteiger charge is -2.27. The van der Waals surface area contributed by atoms with Crippen LogP contribution in [0.25, 0.3) is 88.4 Å². The van der Waals surface area contributed by atoms with Crippen LogP contribution in [0.2, 0.25) is 0 Å². The zero-order valence-electron chi connectivity index (χ0n) is 83.2. The summed E-state index contributed by atoms with van der Waals surface area (Å²) in [5.41, 5.74) is 34.6. The molecule has 15 rings (SSSR count). The van der Waals surface area contributed by atoms with E-state index in [1.54, 1.807) is 21.3 Å². The van der Waals surface area contributed by atoms with E-state index in [0.29, 0.717) is 34.1 Å². The first-order chi connectivity index (χ1) is 60.5. The molecule has 0 bridgehead atoms. The third-order valence-corrected chi connectivity index (χ3v) is 27.6. The van der Waals surface area contributed by atoms with Crippen molar-refractivity contribution in [3.05, 3.63) is 274 Å². The number of phenols is 3. The van der Waals surface area contributed by atoms with Crippen molar-refractivity contribution < 1.29 is 59.9 Å². The average Bonchev–Trinajstić information content (AvgIpc) is 1.59. The molecule has 0 aliphatic carbocycles. The number of hydrogen-bond acceptors (Lipinski definition) is 13. The highest BCUT2D eigenvalue weighted by Gasteiger charge is 2.33. The Morgan fingerprint density at radius 2 is 0.577 bits per heavy atom. The van der Waals surface area contributed by atoms with Crippen molar-refractivity contribution in [3.8, 4) is 96.3 Å². The van der Waals surface area contributed by atoms with Crippen LogP contribution in [0, 0.1) is 118 Å². The molecular weight excluding hydrogens is 1690 g/mol. The number of aromatic hydroxyl groups is 3. The molecule has 1 atom stereocenters. The van der Waals surface area contributed by atoms with Gasteiger partial charge >= 0.3 is 16.5 Å². The van der Waals surface area contributed by atoms with E-state index in [4.69, 9.17) is 55.8 Å². The highest BCUT2D eigenvalue weighted by atomic mass is 35.7. The largest absolute Gasteiger partial charge is 0.507 e. The van der Waals surface area contributed by atoms with Gasteiger partial charge in [-0.05, 0) is 352 Å². The maximum Gasteiger partial charge on any atom is 0.453 e. The van der Waals surface area contributed by atoms with Crippen molar-refractivity contribution >= 4 is 79.1 Å². The van der Waals surface area contributed by atoms with E-state index in [1.807, 2.05) is 89.2 Å². The first-order valence-corrected chi connectivity index (χ1v) is 49.2. The topological polar surface area (TPSA) is 169 Å². The van der Waals surface area contributed by atoms with Gasteiger partial charge in [-0.1, -0.05) is 170 Å². The number of halogens is 1. The van der Waals surface area contributed by atoms with Gasteiger partial charge in [-0.3, -0.25) is 0 Å². The van der Waals surface area contributed by atoms with Crippen LogP contribution in [0.15, 0.2) is 162 Å². The maximum atomic E-state index is 11.6. The predicted molar refractivity (Wildman–Crippen MR) is 548 cm³/mol. The normalized spacial score (nSPS) is 12.8. The van der Waals surface area contributed by atoms with Gasteiger partial charge in [0, 0.05) is 83.3 Å². The minimum Gasteiger partial charge on any atom is -0.507 e. The second-order valence-corrected chi connectivity index (χ2v) is 45.3. The van der Waals surface area contributed by atoms with Crippen LogP contribution in [0.3, 0.4) is 0 Å². The highest BCUT2D eigenvalue weighted by Crippen LogP contribution is 2.57. The summed E-state index contributed by atoms with van der Waals surface area (Å²) in [6.07, 6.45) is 0.811. The molecular formula is C113H134ClO13P3. The summed E-state index contributed by atoms with van der Waals surface area (Å²) in [4.78, 5) is 0. The van der Waals surface area contributed by atoms with Gasteiger partial charge in [0.15, 0.2) is 7.50 Å². The zero-order valence-corrected chi connectivity index (χ0v) is 86.6. The number of rotatable bonds is 10. The fourth-order valence-electron chi connectivity index (χ4n) is 17.9. The summed E-state index contributed by atoms with van der Waals surface area (Å²) in [5.74, 6) is 5.17. The third kappa shape index (κ3) is 21.3. The van der Waals surface area contributed by atoms with E-state index in [0.717, 1.165) is 173 Å². The number of aryl methyl sites for hydroxylation is 16. The monoisotopic (exact) mass is 1830 g/mol. The fraction of sp³-hybridized carbons (Fsp3) is 0.363. The van der Waals surface area contributed by atoms with E-state index in [9.17, 15) is 15.3 Å². The summed E-state index contributed by atoms with van der Waals surface area (Å²) < 4.78 is 63.2. The number of hydrogen-bond donors (Lipinski definition) is 3. The summed E-state index contributed by atoms with van der Waals surface area (Å²) in [6, 6.07) is 50.1. The molecule has 14 aromatic rings. The van der Waals surface area contributed by atoms with Gasteiger partial charge < -0.3 is 59.9 Å². The molecule has 2 aromatic heterocycles. The van der Waals surface area contributed by atoms with Crippen molar-refractivity contribution in [2.75, 3.05) is 21.3 Å². The second kappa shape index (κ2) is 37.9. The number of benzene rings is 12. The van der Waals surface area contributed by atoms with Gasteiger partial charge in [-0.2, -0.15) is 0 Å². The van der Waals surface area contributed by atoms with Crippen LogP contribution in [-0.4, -0.2) is 36.6 Å². The molecule has 13 nitrogen and oxygen atoms in total. The Morgan fingerprint density at radius 3 is 1.03 bits per heavy atom. The van der Waals surface area contributed by atoms with Crippen molar-refractivity contribution in [2.45, 2.75) is 255 Å². The number of phenolic OH excluding ortho intramolecular Hbond substituents is 3. The standard InChI is InChI=1S/C38H45O4P.C35H39O5P.C23H32O3.C17H18ClOP/c1-21-13-25(5)33(39)27(15-21)28-16-22(2)14-26(6)34(28)40-43-41-35-29(17-23(3)19-31(35)37(7,8)9)30-18-24(4)20-32(36(30)42-43)38(10,11)12;1-19-11-22(4)32-27(14-19)28-15-20(2)12-23(5)33(28)39-41(38-32)40-34-24(6)17-25(37-10)18-29(34)26-13-21(3)16-30(31(26)36)35(7,8)9;1-14-17(10-15(25-8)12-19(14)22(2,3)4)18-11-16(26-9)13-20(21(18)24)23(5,6)7;1-10-5-12(3)16-9-20(18)19-17-13(4)6-11(2)8-15(17)14(16)7-10/h13-20,39H,1-12H3;11-18,36H,1-10H3;10-13,24H,1-9H3;5-8H,9H2,1-4H3. The van der Waals surface area contributed by atoms with Crippen LogP contribution < -0.4 is 27.8 Å². The van der Waals surface area contributed by atoms with Crippen molar-refractivity contribution in [1.82, 2.24) is 0 Å². The molecule has 1 aliphatic heterocycles. The molecule has 130 heavy (non-hydrogen) atoms. The van der Waals surface area contributed by atoms with E-state index in [-0.39, 0.29) is 38.6 Å². The maximum absolute atomic E-state index is 11.6. The summed E-state index contributed by atoms with van der Waals surface area (Å²) in [7, 11) is 0.158. The molecule has 0 saturated heterocycles. The smallest absolute Gasteiger partial charge is 0.453 e. The van der Waals surface area contributed by atoms with E-state index in [1.165, 1.54) is 55.6 Å². The predicted octanol–water partition coefficient (Wildman–Crippen LogP) is 34.6. The molecule has 1 aliphatic rings.